The molecule has 0 spiro atoms. The van der Waals surface area contributed by atoms with E-state index < -0.39 is 17.6 Å². The van der Waals surface area contributed by atoms with E-state index in [-0.39, 0.29) is 0 Å². The van der Waals surface area contributed by atoms with Crippen LogP contribution in [0.2, 0.25) is 6.04 Å². The molecular weight excluding hydrogens is 332 g/mol. The minimum absolute atomic E-state index is 0.720. The summed E-state index contributed by atoms with van der Waals surface area (Å²) in [7, 11) is 4.36. The van der Waals surface area contributed by atoms with E-state index in [1.807, 2.05) is 6.07 Å². The molecule has 0 amide bonds. The van der Waals surface area contributed by atoms with Gasteiger partial charge in [0.2, 0.25) is 0 Å². The summed E-state index contributed by atoms with van der Waals surface area (Å²) in [5.41, 5.74) is 2.36. The molecule has 0 aliphatic heterocycles. The van der Waals surface area contributed by atoms with Gasteiger partial charge in [0, 0.05) is 53.9 Å². The molecule has 1 aromatic rings. The van der Waals surface area contributed by atoms with Crippen molar-refractivity contribution >= 4 is 22.8 Å². The fourth-order valence-electron chi connectivity index (χ4n) is 2.61. The second-order valence-electron chi connectivity index (χ2n) is 5.11. The molecule has 0 aliphatic carbocycles. The third-order valence-corrected chi connectivity index (χ3v) is 9.49. The predicted octanol–water partition coefficient (Wildman–Crippen LogP) is 1.50. The van der Waals surface area contributed by atoms with Crippen LogP contribution < -0.4 is 5.19 Å². The molecule has 0 fully saturated rings. The Hall–Kier alpha value is -0.586. The van der Waals surface area contributed by atoms with Crippen LogP contribution in [-0.4, -0.2) is 60.3 Å². The molecule has 132 valence electrons. The minimum Gasteiger partial charge on any atom is -0.377 e. The maximum Gasteiger partial charge on any atom is 0.536 e. The number of benzene rings is 1. The van der Waals surface area contributed by atoms with Crippen LogP contribution in [0, 0.1) is 6.92 Å². The normalized spacial score (nSPS) is 12.7. The third kappa shape index (κ3) is 4.49. The lowest BCUT2D eigenvalue weighted by atomic mass is 10.1. The van der Waals surface area contributed by atoms with Gasteiger partial charge in [-0.3, -0.25) is 0 Å². The largest absolute Gasteiger partial charge is 0.536 e. The van der Waals surface area contributed by atoms with Crippen LogP contribution in [-0.2, 0) is 33.0 Å². The zero-order chi connectivity index (χ0) is 17.5. The molecule has 23 heavy (non-hydrogen) atoms. The van der Waals surface area contributed by atoms with E-state index in [0.29, 0.717) is 0 Å². The van der Waals surface area contributed by atoms with Gasteiger partial charge in [-0.2, -0.15) is 0 Å². The fourth-order valence-corrected chi connectivity index (χ4v) is 6.19. The summed E-state index contributed by atoms with van der Waals surface area (Å²) >= 11 is 0. The molecule has 0 radical (unpaired) electrons. The van der Waals surface area contributed by atoms with Crippen molar-refractivity contribution in [2.24, 2.45) is 0 Å². The molecule has 0 saturated heterocycles. The van der Waals surface area contributed by atoms with Crippen LogP contribution in [0.15, 0.2) is 18.2 Å². The second-order valence-corrected chi connectivity index (χ2v) is 11.1. The first kappa shape index (κ1) is 20.5. The van der Waals surface area contributed by atoms with Crippen molar-refractivity contribution in [2.45, 2.75) is 19.4 Å². The molecule has 0 saturated carbocycles. The number of hydrogen-bond donors (Lipinski definition) is 0. The molecule has 6 nitrogen and oxygen atoms in total. The van der Waals surface area contributed by atoms with Crippen molar-refractivity contribution in [2.75, 3.05) is 42.7 Å². The third-order valence-electron chi connectivity index (χ3n) is 4.14. The van der Waals surface area contributed by atoms with Crippen molar-refractivity contribution < 1.29 is 26.6 Å². The van der Waals surface area contributed by atoms with Gasteiger partial charge in [0.25, 0.3) is 0 Å². The van der Waals surface area contributed by atoms with Crippen LogP contribution in [0.1, 0.15) is 11.1 Å². The second kappa shape index (κ2) is 9.04. The van der Waals surface area contributed by atoms with Crippen molar-refractivity contribution in [1.29, 1.82) is 0 Å². The Morgan fingerprint density at radius 3 is 1.70 bits per heavy atom. The lowest BCUT2D eigenvalue weighted by molar-refractivity contribution is 0.123. The maximum absolute atomic E-state index is 5.52. The SMILES string of the molecule is CO[Si](CCc1ccc([Si](OC)(OC)OC)cc1C)(OC)OC. The molecule has 0 N–H and O–H groups in total. The summed E-state index contributed by atoms with van der Waals surface area (Å²) in [6, 6.07) is 6.86. The van der Waals surface area contributed by atoms with Crippen LogP contribution in [0.5, 0.6) is 0 Å². The number of aryl methyl sites for hydroxylation is 2. The van der Waals surface area contributed by atoms with Gasteiger partial charge in [-0.25, -0.2) is 0 Å². The van der Waals surface area contributed by atoms with Gasteiger partial charge in [-0.05, 0) is 24.5 Å². The van der Waals surface area contributed by atoms with Crippen LogP contribution >= 0.6 is 0 Å². The summed E-state index contributed by atoms with van der Waals surface area (Å²) in [5.74, 6) is 0. The summed E-state index contributed by atoms with van der Waals surface area (Å²) in [6.07, 6.45) is 0.815. The predicted molar refractivity (Wildman–Crippen MR) is 92.9 cm³/mol. The molecule has 0 heterocycles. The zero-order valence-electron chi connectivity index (χ0n) is 15.1. The molecule has 0 aromatic heterocycles. The summed E-state index contributed by atoms with van der Waals surface area (Å²) < 4.78 is 33.0. The highest BCUT2D eigenvalue weighted by Crippen LogP contribution is 2.19. The highest BCUT2D eigenvalue weighted by molar-refractivity contribution is 6.75. The van der Waals surface area contributed by atoms with Crippen LogP contribution in [0.3, 0.4) is 0 Å². The molecule has 8 heteroatoms. The van der Waals surface area contributed by atoms with Crippen molar-refractivity contribution in [3.05, 3.63) is 29.3 Å². The standard InChI is InChI=1S/C15H28O6Si2/c1-13-12-15(23(19-5,20-6)21-7)9-8-14(13)10-11-22(16-2,17-3)18-4/h8-9,12H,10-11H2,1-7H3. The number of rotatable bonds is 10. The molecule has 0 aliphatic rings. The summed E-state index contributed by atoms with van der Waals surface area (Å²) in [5, 5.41) is 0.944. The fraction of sp³-hybridized carbons (Fsp3) is 0.600. The summed E-state index contributed by atoms with van der Waals surface area (Å²) in [4.78, 5) is 0. The van der Waals surface area contributed by atoms with E-state index in [1.165, 1.54) is 5.56 Å². The van der Waals surface area contributed by atoms with E-state index in [4.69, 9.17) is 26.6 Å². The molecule has 1 aromatic carbocycles. The van der Waals surface area contributed by atoms with Gasteiger partial charge in [-0.15, -0.1) is 0 Å². The number of hydrogen-bond acceptors (Lipinski definition) is 6. The maximum atomic E-state index is 5.52. The highest BCUT2D eigenvalue weighted by Gasteiger charge is 2.41. The first-order chi connectivity index (χ1) is 11.0. The van der Waals surface area contributed by atoms with Gasteiger partial charge >= 0.3 is 17.6 Å². The van der Waals surface area contributed by atoms with Gasteiger partial charge in [0.15, 0.2) is 0 Å². The van der Waals surface area contributed by atoms with Crippen molar-refractivity contribution in [3.63, 3.8) is 0 Å². The molecule has 0 unspecified atom stereocenters. The van der Waals surface area contributed by atoms with Crippen LogP contribution in [0.4, 0.5) is 0 Å². The molecule has 0 bridgehead atoms. The van der Waals surface area contributed by atoms with E-state index in [1.54, 1.807) is 42.7 Å². The highest BCUT2D eigenvalue weighted by atomic mass is 28.4. The smallest absolute Gasteiger partial charge is 0.377 e. The summed E-state index contributed by atoms with van der Waals surface area (Å²) in [6.45, 7) is 2.06. The molecule has 0 atom stereocenters. The first-order valence-corrected chi connectivity index (χ1v) is 11.0. The van der Waals surface area contributed by atoms with E-state index >= 15 is 0 Å². The average Bonchev–Trinajstić information content (AvgIpc) is 2.60. The van der Waals surface area contributed by atoms with E-state index in [0.717, 1.165) is 23.2 Å². The van der Waals surface area contributed by atoms with Crippen molar-refractivity contribution in [3.8, 4) is 0 Å². The monoisotopic (exact) mass is 360 g/mol. The Labute approximate surface area is 141 Å². The van der Waals surface area contributed by atoms with Crippen LogP contribution in [0.25, 0.3) is 0 Å². The first-order valence-electron chi connectivity index (χ1n) is 7.37. The van der Waals surface area contributed by atoms with Crippen molar-refractivity contribution in [1.82, 2.24) is 0 Å². The minimum atomic E-state index is -2.79. The quantitative estimate of drug-likeness (QED) is 0.590. The van der Waals surface area contributed by atoms with Gasteiger partial charge < -0.3 is 26.6 Å². The Kier molecular flexibility index (Phi) is 8.04. The molecule has 1 rings (SSSR count). The zero-order valence-corrected chi connectivity index (χ0v) is 17.1. The molecular formula is C15H28O6Si2. The van der Waals surface area contributed by atoms with Gasteiger partial charge in [0.1, 0.15) is 0 Å². The topological polar surface area (TPSA) is 55.4 Å². The van der Waals surface area contributed by atoms with E-state index in [9.17, 15) is 0 Å². The van der Waals surface area contributed by atoms with E-state index in [2.05, 4.69) is 19.1 Å². The Morgan fingerprint density at radius 2 is 1.30 bits per heavy atom. The Balaban J connectivity index is 2.97. The van der Waals surface area contributed by atoms with Gasteiger partial charge in [-0.1, -0.05) is 18.2 Å². The Bertz CT molecular complexity index is 472. The van der Waals surface area contributed by atoms with Gasteiger partial charge in [0.05, 0.1) is 0 Å². The lowest BCUT2D eigenvalue weighted by Crippen LogP contribution is -2.54. The lowest BCUT2D eigenvalue weighted by Gasteiger charge is -2.26. The average molecular weight is 361 g/mol. The Morgan fingerprint density at radius 1 is 0.783 bits per heavy atom.